The Hall–Kier alpha value is -0.680. The van der Waals surface area contributed by atoms with Crippen LogP contribution >= 0.6 is 12.2 Å². The first kappa shape index (κ1) is 11.4. The second-order valence-corrected chi connectivity index (χ2v) is 4.26. The number of ketones is 1. The SMILES string of the molecule is CCC1NC(=S)NC(C)(O)C1C(C)=O. The summed E-state index contributed by atoms with van der Waals surface area (Å²) in [6, 6.07) is -0.0868. The van der Waals surface area contributed by atoms with Crippen LogP contribution in [0.1, 0.15) is 27.2 Å². The second kappa shape index (κ2) is 3.82. The van der Waals surface area contributed by atoms with Crippen LogP contribution in [0.2, 0.25) is 0 Å². The first-order valence-corrected chi connectivity index (χ1v) is 5.10. The molecular weight excluding hydrogens is 200 g/mol. The number of rotatable bonds is 2. The third-order valence-electron chi connectivity index (χ3n) is 2.57. The van der Waals surface area contributed by atoms with Gasteiger partial charge in [-0.1, -0.05) is 6.92 Å². The quantitative estimate of drug-likeness (QED) is 0.574. The number of nitrogens with one attached hydrogen (secondary N) is 2. The fraction of sp³-hybridized carbons (Fsp3) is 0.778. The third kappa shape index (κ3) is 2.04. The number of hydrogen-bond donors (Lipinski definition) is 3. The highest BCUT2D eigenvalue weighted by atomic mass is 32.1. The maximum Gasteiger partial charge on any atom is 0.168 e. The highest BCUT2D eigenvalue weighted by Crippen LogP contribution is 2.24. The van der Waals surface area contributed by atoms with E-state index in [1.807, 2.05) is 6.92 Å². The van der Waals surface area contributed by atoms with Crippen molar-refractivity contribution in [1.29, 1.82) is 0 Å². The molecule has 80 valence electrons. The van der Waals surface area contributed by atoms with Gasteiger partial charge in [0.2, 0.25) is 0 Å². The minimum absolute atomic E-state index is 0.0376. The normalized spacial score (nSPS) is 37.3. The van der Waals surface area contributed by atoms with E-state index in [-0.39, 0.29) is 11.8 Å². The van der Waals surface area contributed by atoms with E-state index in [2.05, 4.69) is 10.6 Å². The van der Waals surface area contributed by atoms with Crippen molar-refractivity contribution in [1.82, 2.24) is 10.6 Å². The van der Waals surface area contributed by atoms with Gasteiger partial charge < -0.3 is 15.7 Å². The molecule has 1 aliphatic heterocycles. The van der Waals surface area contributed by atoms with Crippen LogP contribution < -0.4 is 10.6 Å². The van der Waals surface area contributed by atoms with E-state index in [1.165, 1.54) is 6.92 Å². The average Bonchev–Trinajstić information content (AvgIpc) is 1.99. The molecule has 1 rings (SSSR count). The van der Waals surface area contributed by atoms with Crippen LogP contribution in [0.25, 0.3) is 0 Å². The summed E-state index contributed by atoms with van der Waals surface area (Å²) < 4.78 is 0. The van der Waals surface area contributed by atoms with Crippen LogP contribution in [0.4, 0.5) is 0 Å². The first-order chi connectivity index (χ1) is 6.38. The van der Waals surface area contributed by atoms with Gasteiger partial charge in [-0.3, -0.25) is 4.79 Å². The summed E-state index contributed by atoms with van der Waals surface area (Å²) in [6.07, 6.45) is 0.752. The summed E-state index contributed by atoms with van der Waals surface area (Å²) in [5.41, 5.74) is -1.24. The van der Waals surface area contributed by atoms with Crippen molar-refractivity contribution >= 4 is 23.1 Å². The lowest BCUT2D eigenvalue weighted by molar-refractivity contribution is -0.133. The Labute approximate surface area is 89.1 Å². The maximum atomic E-state index is 11.4. The van der Waals surface area contributed by atoms with Gasteiger partial charge in [0.05, 0.1) is 5.92 Å². The number of Topliss-reactive ketones (excluding diaryl/α,β-unsaturated/α-hetero) is 1. The van der Waals surface area contributed by atoms with Crippen LogP contribution in [-0.2, 0) is 4.79 Å². The minimum atomic E-state index is -1.24. The molecule has 1 saturated heterocycles. The van der Waals surface area contributed by atoms with E-state index in [0.717, 1.165) is 6.42 Å². The van der Waals surface area contributed by atoms with E-state index < -0.39 is 11.6 Å². The molecule has 1 heterocycles. The van der Waals surface area contributed by atoms with Crippen molar-refractivity contribution < 1.29 is 9.90 Å². The molecule has 0 spiro atoms. The Balaban J connectivity index is 2.95. The third-order valence-corrected chi connectivity index (χ3v) is 2.79. The molecule has 14 heavy (non-hydrogen) atoms. The van der Waals surface area contributed by atoms with Gasteiger partial charge in [0, 0.05) is 6.04 Å². The van der Waals surface area contributed by atoms with Crippen molar-refractivity contribution in [2.75, 3.05) is 0 Å². The van der Waals surface area contributed by atoms with Crippen molar-refractivity contribution in [2.45, 2.75) is 39.0 Å². The van der Waals surface area contributed by atoms with Crippen LogP contribution in [0.3, 0.4) is 0 Å². The highest BCUT2D eigenvalue weighted by molar-refractivity contribution is 7.80. The zero-order valence-electron chi connectivity index (χ0n) is 8.63. The van der Waals surface area contributed by atoms with Crippen LogP contribution in [0, 0.1) is 5.92 Å². The van der Waals surface area contributed by atoms with Crippen molar-refractivity contribution in [2.24, 2.45) is 5.92 Å². The Morgan fingerprint density at radius 3 is 2.71 bits per heavy atom. The molecule has 0 aromatic rings. The number of thiocarbonyl (C=S) groups is 1. The Morgan fingerprint density at radius 2 is 2.29 bits per heavy atom. The molecule has 3 atom stereocenters. The summed E-state index contributed by atoms with van der Waals surface area (Å²) >= 11 is 4.94. The Morgan fingerprint density at radius 1 is 1.71 bits per heavy atom. The van der Waals surface area contributed by atoms with Gasteiger partial charge in [-0.25, -0.2) is 0 Å². The van der Waals surface area contributed by atoms with Gasteiger partial charge >= 0.3 is 0 Å². The Kier molecular flexibility index (Phi) is 3.11. The molecule has 3 unspecified atom stereocenters. The van der Waals surface area contributed by atoms with Crippen LogP contribution in [0.5, 0.6) is 0 Å². The summed E-state index contributed by atoms with van der Waals surface area (Å²) in [5, 5.41) is 16.1. The molecule has 5 heteroatoms. The molecule has 1 aliphatic rings. The van der Waals surface area contributed by atoms with E-state index >= 15 is 0 Å². The van der Waals surface area contributed by atoms with Crippen LogP contribution in [0.15, 0.2) is 0 Å². The first-order valence-electron chi connectivity index (χ1n) is 4.70. The largest absolute Gasteiger partial charge is 0.370 e. The number of carbonyl (C=O) groups is 1. The standard InChI is InChI=1S/C9H16N2O2S/c1-4-6-7(5(2)12)9(3,13)11-8(14)10-6/h6-7,13H,4H2,1-3H3,(H2,10,11,14). The number of hydrogen-bond acceptors (Lipinski definition) is 3. The summed E-state index contributed by atoms with van der Waals surface area (Å²) in [7, 11) is 0. The molecule has 0 aromatic heterocycles. The highest BCUT2D eigenvalue weighted by Gasteiger charge is 2.44. The van der Waals surface area contributed by atoms with Gasteiger partial charge in [0.15, 0.2) is 5.11 Å². The van der Waals surface area contributed by atoms with Crippen LogP contribution in [-0.4, -0.2) is 27.8 Å². The van der Waals surface area contributed by atoms with Gasteiger partial charge in [-0.2, -0.15) is 0 Å². The minimum Gasteiger partial charge on any atom is -0.370 e. The van der Waals surface area contributed by atoms with E-state index in [4.69, 9.17) is 12.2 Å². The molecule has 0 radical (unpaired) electrons. The molecule has 0 amide bonds. The summed E-state index contributed by atoms with van der Waals surface area (Å²) in [4.78, 5) is 11.4. The second-order valence-electron chi connectivity index (χ2n) is 3.85. The molecule has 4 nitrogen and oxygen atoms in total. The van der Waals surface area contributed by atoms with Crippen molar-refractivity contribution in [3.63, 3.8) is 0 Å². The van der Waals surface area contributed by atoms with Gasteiger partial charge in [0.25, 0.3) is 0 Å². The number of aliphatic hydroxyl groups is 1. The summed E-state index contributed by atoms with van der Waals surface area (Å²) in [6.45, 7) is 5.02. The zero-order chi connectivity index (χ0) is 10.9. The monoisotopic (exact) mass is 216 g/mol. The smallest absolute Gasteiger partial charge is 0.168 e. The fourth-order valence-electron chi connectivity index (χ4n) is 2.00. The van der Waals surface area contributed by atoms with E-state index in [9.17, 15) is 9.90 Å². The topological polar surface area (TPSA) is 61.4 Å². The van der Waals surface area contributed by atoms with E-state index in [1.54, 1.807) is 6.92 Å². The number of carbonyl (C=O) groups excluding carboxylic acids is 1. The van der Waals surface area contributed by atoms with Crippen molar-refractivity contribution in [3.8, 4) is 0 Å². The van der Waals surface area contributed by atoms with Gasteiger partial charge in [0.1, 0.15) is 11.5 Å². The zero-order valence-corrected chi connectivity index (χ0v) is 9.44. The average molecular weight is 216 g/mol. The predicted octanol–water partition coefficient (Wildman–Crippen LogP) is 0.156. The summed E-state index contributed by atoms with van der Waals surface area (Å²) in [5.74, 6) is -0.497. The predicted molar refractivity (Wildman–Crippen MR) is 57.7 cm³/mol. The molecule has 0 aliphatic carbocycles. The fourth-order valence-corrected chi connectivity index (χ4v) is 2.36. The lowest BCUT2D eigenvalue weighted by Crippen LogP contribution is -2.68. The molecule has 0 bridgehead atoms. The molecular formula is C9H16N2O2S. The molecule has 0 aromatic carbocycles. The lowest BCUT2D eigenvalue weighted by atomic mass is 9.83. The Bertz CT molecular complexity index is 266. The van der Waals surface area contributed by atoms with Gasteiger partial charge in [-0.05, 0) is 32.5 Å². The maximum absolute atomic E-state index is 11.4. The molecule has 1 fully saturated rings. The van der Waals surface area contributed by atoms with Gasteiger partial charge in [-0.15, -0.1) is 0 Å². The molecule has 0 saturated carbocycles. The lowest BCUT2D eigenvalue weighted by Gasteiger charge is -2.43. The molecule has 3 N–H and O–H groups in total. The van der Waals surface area contributed by atoms with E-state index in [0.29, 0.717) is 5.11 Å². The van der Waals surface area contributed by atoms with Crippen molar-refractivity contribution in [3.05, 3.63) is 0 Å².